The predicted molar refractivity (Wildman–Crippen MR) is 88.1 cm³/mol. The first-order chi connectivity index (χ1) is 11.1. The average Bonchev–Trinajstić information content (AvgIpc) is 2.58. The number of carbonyl (C=O) groups excluding carboxylic acids is 2. The molecule has 0 fully saturated rings. The van der Waals surface area contributed by atoms with Crippen LogP contribution < -0.4 is 11.1 Å². The van der Waals surface area contributed by atoms with Crippen molar-refractivity contribution < 1.29 is 19.1 Å². The van der Waals surface area contributed by atoms with E-state index in [1.807, 2.05) is 24.3 Å². The number of esters is 1. The van der Waals surface area contributed by atoms with Crippen LogP contribution in [-0.4, -0.2) is 38.7 Å². The zero-order valence-electron chi connectivity index (χ0n) is 13.2. The zero-order chi connectivity index (χ0) is 16.8. The number of amides is 1. The van der Waals surface area contributed by atoms with Gasteiger partial charge in [-0.25, -0.2) is 4.79 Å². The molecular formula is C17H20N2O4. The summed E-state index contributed by atoms with van der Waals surface area (Å²) in [7, 11) is 2.82. The van der Waals surface area contributed by atoms with Crippen LogP contribution in [0.2, 0.25) is 0 Å². The van der Waals surface area contributed by atoms with E-state index in [-0.39, 0.29) is 5.91 Å². The number of fused-ring (bicyclic) bond motifs is 1. The standard InChI is InChI=1S/C17H20N2O4/c1-22-10-9-15(17(21)23-2)19-16(20)13-7-8-14(18)12-6-4-3-5-11(12)13/h3-8,15H,9-10,18H2,1-2H3,(H,19,20)/t15-/m0/s1. The van der Waals surface area contributed by atoms with E-state index in [0.717, 1.165) is 10.8 Å². The molecule has 0 heterocycles. The fourth-order valence-electron chi connectivity index (χ4n) is 2.38. The number of methoxy groups -OCH3 is 2. The van der Waals surface area contributed by atoms with Crippen molar-refractivity contribution in [1.29, 1.82) is 0 Å². The van der Waals surface area contributed by atoms with Crippen LogP contribution >= 0.6 is 0 Å². The van der Waals surface area contributed by atoms with E-state index in [0.29, 0.717) is 24.3 Å². The third-order valence-electron chi connectivity index (χ3n) is 3.60. The van der Waals surface area contributed by atoms with Crippen molar-refractivity contribution in [1.82, 2.24) is 5.32 Å². The smallest absolute Gasteiger partial charge is 0.328 e. The summed E-state index contributed by atoms with van der Waals surface area (Å²) >= 11 is 0. The SMILES string of the molecule is COCC[C@H](NC(=O)c1ccc(N)c2ccccc12)C(=O)OC. The summed E-state index contributed by atoms with van der Waals surface area (Å²) in [4.78, 5) is 24.4. The van der Waals surface area contributed by atoms with Gasteiger partial charge in [0.05, 0.1) is 7.11 Å². The van der Waals surface area contributed by atoms with Crippen molar-refractivity contribution >= 4 is 28.3 Å². The number of ether oxygens (including phenoxy) is 2. The summed E-state index contributed by atoms with van der Waals surface area (Å²) in [5.41, 5.74) is 7.00. The Morgan fingerprint density at radius 1 is 1.13 bits per heavy atom. The minimum absolute atomic E-state index is 0.335. The minimum Gasteiger partial charge on any atom is -0.467 e. The number of rotatable bonds is 6. The van der Waals surface area contributed by atoms with E-state index in [1.54, 1.807) is 12.1 Å². The molecule has 0 aliphatic heterocycles. The summed E-state index contributed by atoms with van der Waals surface area (Å²) in [6, 6.07) is 9.94. The van der Waals surface area contributed by atoms with E-state index < -0.39 is 12.0 Å². The van der Waals surface area contributed by atoms with Crippen molar-refractivity contribution in [2.75, 3.05) is 26.6 Å². The molecule has 0 aliphatic carbocycles. The Labute approximate surface area is 134 Å². The number of nitrogens with two attached hydrogens (primary N) is 1. The highest BCUT2D eigenvalue weighted by Crippen LogP contribution is 2.24. The molecule has 2 aromatic carbocycles. The van der Waals surface area contributed by atoms with Crippen LogP contribution in [-0.2, 0) is 14.3 Å². The van der Waals surface area contributed by atoms with E-state index >= 15 is 0 Å². The maximum atomic E-state index is 12.6. The number of nitrogens with one attached hydrogen (secondary N) is 1. The lowest BCUT2D eigenvalue weighted by Crippen LogP contribution is -2.42. The van der Waals surface area contributed by atoms with Gasteiger partial charge in [0.15, 0.2) is 0 Å². The Bertz CT molecular complexity index is 715. The first-order valence-electron chi connectivity index (χ1n) is 7.23. The lowest BCUT2D eigenvalue weighted by Gasteiger charge is -2.17. The van der Waals surface area contributed by atoms with Gasteiger partial charge in [-0.3, -0.25) is 4.79 Å². The monoisotopic (exact) mass is 316 g/mol. The quantitative estimate of drug-likeness (QED) is 0.625. The molecule has 1 amide bonds. The highest BCUT2D eigenvalue weighted by atomic mass is 16.5. The summed E-state index contributed by atoms with van der Waals surface area (Å²) in [6.07, 6.45) is 0.335. The zero-order valence-corrected chi connectivity index (χ0v) is 13.2. The number of nitrogen functional groups attached to an aromatic ring is 1. The van der Waals surface area contributed by atoms with Gasteiger partial charge in [-0.05, 0) is 17.5 Å². The van der Waals surface area contributed by atoms with Gasteiger partial charge >= 0.3 is 5.97 Å². The topological polar surface area (TPSA) is 90.6 Å². The Hall–Kier alpha value is -2.60. The molecule has 0 aromatic heterocycles. The fourth-order valence-corrected chi connectivity index (χ4v) is 2.38. The van der Waals surface area contributed by atoms with Crippen LogP contribution in [0, 0.1) is 0 Å². The Morgan fingerprint density at radius 3 is 2.48 bits per heavy atom. The molecule has 122 valence electrons. The van der Waals surface area contributed by atoms with Crippen LogP contribution in [0.5, 0.6) is 0 Å². The number of hydrogen-bond donors (Lipinski definition) is 2. The van der Waals surface area contributed by atoms with Crippen molar-refractivity contribution in [2.45, 2.75) is 12.5 Å². The van der Waals surface area contributed by atoms with Gasteiger partial charge in [-0.2, -0.15) is 0 Å². The molecule has 0 saturated carbocycles. The van der Waals surface area contributed by atoms with E-state index in [4.69, 9.17) is 15.2 Å². The maximum Gasteiger partial charge on any atom is 0.328 e. The van der Waals surface area contributed by atoms with Crippen molar-refractivity contribution in [3.05, 3.63) is 42.0 Å². The third-order valence-corrected chi connectivity index (χ3v) is 3.60. The second-order valence-electron chi connectivity index (χ2n) is 5.08. The van der Waals surface area contributed by atoms with Crippen molar-refractivity contribution in [2.24, 2.45) is 0 Å². The van der Waals surface area contributed by atoms with Crippen LogP contribution in [0.25, 0.3) is 10.8 Å². The number of hydrogen-bond acceptors (Lipinski definition) is 5. The van der Waals surface area contributed by atoms with Gasteiger partial charge in [-0.1, -0.05) is 24.3 Å². The molecule has 1 atom stereocenters. The van der Waals surface area contributed by atoms with Gasteiger partial charge in [-0.15, -0.1) is 0 Å². The van der Waals surface area contributed by atoms with Gasteiger partial charge in [0, 0.05) is 36.8 Å². The largest absolute Gasteiger partial charge is 0.467 e. The lowest BCUT2D eigenvalue weighted by atomic mass is 10.0. The molecule has 2 rings (SSSR count). The third kappa shape index (κ3) is 3.78. The Kier molecular flexibility index (Phi) is 5.54. The minimum atomic E-state index is -0.760. The van der Waals surface area contributed by atoms with Gasteiger partial charge in [0.1, 0.15) is 6.04 Å². The summed E-state index contributed by atoms with van der Waals surface area (Å²) in [5.74, 6) is -0.858. The van der Waals surface area contributed by atoms with Gasteiger partial charge in [0.2, 0.25) is 0 Å². The molecule has 0 spiro atoms. The summed E-state index contributed by atoms with van der Waals surface area (Å²) in [5, 5.41) is 4.23. The maximum absolute atomic E-state index is 12.6. The first kappa shape index (κ1) is 16.8. The molecule has 0 bridgehead atoms. The molecule has 6 nitrogen and oxygen atoms in total. The average molecular weight is 316 g/mol. The molecule has 0 saturated heterocycles. The van der Waals surface area contributed by atoms with Crippen LogP contribution in [0.3, 0.4) is 0 Å². The Morgan fingerprint density at radius 2 is 1.83 bits per heavy atom. The van der Waals surface area contributed by atoms with E-state index in [9.17, 15) is 9.59 Å². The van der Waals surface area contributed by atoms with E-state index in [2.05, 4.69) is 5.32 Å². The van der Waals surface area contributed by atoms with Crippen LogP contribution in [0.15, 0.2) is 36.4 Å². The van der Waals surface area contributed by atoms with Gasteiger partial charge < -0.3 is 20.5 Å². The Balaban J connectivity index is 2.29. The second-order valence-corrected chi connectivity index (χ2v) is 5.08. The summed E-state index contributed by atoms with van der Waals surface area (Å²) < 4.78 is 9.69. The summed E-state index contributed by atoms with van der Waals surface area (Å²) in [6.45, 7) is 0.336. The molecule has 23 heavy (non-hydrogen) atoms. The number of carbonyl (C=O) groups is 2. The molecule has 0 unspecified atom stereocenters. The highest BCUT2D eigenvalue weighted by molar-refractivity contribution is 6.10. The number of anilines is 1. The molecule has 2 aromatic rings. The van der Waals surface area contributed by atoms with Crippen molar-refractivity contribution in [3.63, 3.8) is 0 Å². The molecule has 0 aliphatic rings. The molecular weight excluding hydrogens is 296 g/mol. The van der Waals surface area contributed by atoms with Crippen LogP contribution in [0.4, 0.5) is 5.69 Å². The lowest BCUT2D eigenvalue weighted by molar-refractivity contribution is -0.143. The fraction of sp³-hybridized carbons (Fsp3) is 0.294. The molecule has 0 radical (unpaired) electrons. The number of benzene rings is 2. The normalized spacial score (nSPS) is 11.9. The van der Waals surface area contributed by atoms with Crippen molar-refractivity contribution in [3.8, 4) is 0 Å². The second kappa shape index (κ2) is 7.60. The van der Waals surface area contributed by atoms with Crippen LogP contribution in [0.1, 0.15) is 16.8 Å². The highest BCUT2D eigenvalue weighted by Gasteiger charge is 2.22. The molecule has 6 heteroatoms. The first-order valence-corrected chi connectivity index (χ1v) is 7.23. The van der Waals surface area contributed by atoms with Gasteiger partial charge in [0.25, 0.3) is 5.91 Å². The predicted octanol–water partition coefficient (Wildman–Crippen LogP) is 1.73. The molecule has 3 N–H and O–H groups in total. The van der Waals surface area contributed by atoms with E-state index in [1.165, 1.54) is 14.2 Å².